The highest BCUT2D eigenvalue weighted by molar-refractivity contribution is 7.91. The van der Waals surface area contributed by atoms with Crippen LogP contribution in [0.4, 0.5) is 0 Å². The number of nitrogens with one attached hydrogen (secondary N) is 1. The first-order valence-corrected chi connectivity index (χ1v) is 6.95. The molecule has 0 radical (unpaired) electrons. The van der Waals surface area contributed by atoms with Crippen molar-refractivity contribution in [2.75, 3.05) is 11.5 Å². The number of aromatic nitrogens is 1. The topological polar surface area (TPSA) is 96.4 Å². The number of carbonyl (C=O) groups is 1. The fourth-order valence-electron chi connectivity index (χ4n) is 1.73. The second-order valence-electron chi connectivity index (χ2n) is 3.94. The summed E-state index contributed by atoms with van der Waals surface area (Å²) in [5.41, 5.74) is -0.0863. The van der Waals surface area contributed by atoms with Gasteiger partial charge in [0.1, 0.15) is 5.75 Å². The molecule has 7 heteroatoms. The van der Waals surface area contributed by atoms with Crippen LogP contribution in [0.5, 0.6) is 5.75 Å². The largest absolute Gasteiger partial charge is 0.505 e. The summed E-state index contributed by atoms with van der Waals surface area (Å²) in [5, 5.41) is 12.0. The Kier molecular flexibility index (Phi) is 3.01. The number of pyridine rings is 1. The molecule has 1 fully saturated rings. The monoisotopic (exact) mass is 256 g/mol. The van der Waals surface area contributed by atoms with Crippen molar-refractivity contribution in [3.63, 3.8) is 0 Å². The van der Waals surface area contributed by atoms with E-state index in [1.807, 2.05) is 0 Å². The van der Waals surface area contributed by atoms with E-state index in [2.05, 4.69) is 10.3 Å². The van der Waals surface area contributed by atoms with Crippen LogP contribution in [-0.2, 0) is 9.84 Å². The summed E-state index contributed by atoms with van der Waals surface area (Å²) in [6, 6.07) is 2.47. The van der Waals surface area contributed by atoms with Crippen LogP contribution in [0, 0.1) is 0 Å². The average molecular weight is 256 g/mol. The van der Waals surface area contributed by atoms with Crippen LogP contribution in [0.1, 0.15) is 16.9 Å². The SMILES string of the molecule is O=C(NC1CCS(=O)(=O)C1)c1ncccc1O. The molecule has 1 aromatic rings. The van der Waals surface area contributed by atoms with Gasteiger partial charge in [-0.1, -0.05) is 0 Å². The summed E-state index contributed by atoms with van der Waals surface area (Å²) in [6.07, 6.45) is 1.79. The van der Waals surface area contributed by atoms with Gasteiger partial charge in [-0.25, -0.2) is 13.4 Å². The molecule has 2 N–H and O–H groups in total. The van der Waals surface area contributed by atoms with E-state index in [-0.39, 0.29) is 22.9 Å². The maximum Gasteiger partial charge on any atom is 0.273 e. The minimum absolute atomic E-state index is 0.0493. The van der Waals surface area contributed by atoms with Crippen molar-refractivity contribution >= 4 is 15.7 Å². The van der Waals surface area contributed by atoms with Gasteiger partial charge in [-0.05, 0) is 18.6 Å². The molecule has 6 nitrogen and oxygen atoms in total. The average Bonchev–Trinajstić information content (AvgIpc) is 2.58. The molecule has 0 saturated carbocycles. The third-order valence-electron chi connectivity index (χ3n) is 2.57. The summed E-state index contributed by atoms with van der Waals surface area (Å²) >= 11 is 0. The van der Waals surface area contributed by atoms with Crippen LogP contribution >= 0.6 is 0 Å². The third kappa shape index (κ3) is 2.73. The molecule has 1 amide bonds. The summed E-state index contributed by atoms with van der Waals surface area (Å²) in [5.74, 6) is -0.727. The third-order valence-corrected chi connectivity index (χ3v) is 4.34. The first-order chi connectivity index (χ1) is 7.98. The Hall–Kier alpha value is -1.63. The van der Waals surface area contributed by atoms with Crippen LogP contribution in [0.25, 0.3) is 0 Å². The van der Waals surface area contributed by atoms with Crippen molar-refractivity contribution in [3.05, 3.63) is 24.0 Å². The van der Waals surface area contributed by atoms with E-state index < -0.39 is 21.8 Å². The molecular formula is C10H12N2O4S. The molecule has 2 rings (SSSR count). The van der Waals surface area contributed by atoms with Crippen LogP contribution in [-0.4, -0.2) is 42.0 Å². The zero-order chi connectivity index (χ0) is 12.5. The molecule has 1 aliphatic rings. The normalized spacial score (nSPS) is 22.2. The highest BCUT2D eigenvalue weighted by Crippen LogP contribution is 2.15. The van der Waals surface area contributed by atoms with E-state index in [9.17, 15) is 18.3 Å². The zero-order valence-electron chi connectivity index (χ0n) is 8.96. The maximum atomic E-state index is 11.7. The minimum Gasteiger partial charge on any atom is -0.505 e. The summed E-state index contributed by atoms with van der Waals surface area (Å²) in [4.78, 5) is 15.4. The highest BCUT2D eigenvalue weighted by atomic mass is 32.2. The van der Waals surface area contributed by atoms with Crippen LogP contribution < -0.4 is 5.32 Å². The Morgan fingerprint density at radius 2 is 2.29 bits per heavy atom. The molecule has 1 aromatic heterocycles. The molecule has 0 spiro atoms. The van der Waals surface area contributed by atoms with Gasteiger partial charge in [-0.3, -0.25) is 4.79 Å². The molecule has 0 bridgehead atoms. The summed E-state index contributed by atoms with van der Waals surface area (Å²) in [6.45, 7) is 0. The van der Waals surface area contributed by atoms with Crippen LogP contribution in [0.3, 0.4) is 0 Å². The number of nitrogens with zero attached hydrogens (tertiary/aromatic N) is 1. The second-order valence-corrected chi connectivity index (χ2v) is 6.17. The highest BCUT2D eigenvalue weighted by Gasteiger charge is 2.29. The van der Waals surface area contributed by atoms with Gasteiger partial charge in [0.05, 0.1) is 11.5 Å². The van der Waals surface area contributed by atoms with E-state index >= 15 is 0 Å². The van der Waals surface area contributed by atoms with Crippen molar-refractivity contribution < 1.29 is 18.3 Å². The Balaban J connectivity index is 2.06. The van der Waals surface area contributed by atoms with Gasteiger partial charge in [0.25, 0.3) is 5.91 Å². The van der Waals surface area contributed by atoms with Gasteiger partial charge in [0.15, 0.2) is 15.5 Å². The summed E-state index contributed by atoms with van der Waals surface area (Å²) < 4.78 is 22.4. The number of hydrogen-bond acceptors (Lipinski definition) is 5. The van der Waals surface area contributed by atoms with Crippen molar-refractivity contribution in [2.24, 2.45) is 0 Å². The first kappa shape index (κ1) is 11.8. The minimum atomic E-state index is -3.03. The van der Waals surface area contributed by atoms with Gasteiger partial charge < -0.3 is 10.4 Å². The smallest absolute Gasteiger partial charge is 0.273 e. The van der Waals surface area contributed by atoms with Crippen molar-refractivity contribution in [3.8, 4) is 5.75 Å². The van der Waals surface area contributed by atoms with Gasteiger partial charge in [0.2, 0.25) is 0 Å². The van der Waals surface area contributed by atoms with E-state index in [0.29, 0.717) is 6.42 Å². The van der Waals surface area contributed by atoms with Crippen molar-refractivity contribution in [1.29, 1.82) is 0 Å². The molecule has 1 atom stereocenters. The van der Waals surface area contributed by atoms with Crippen molar-refractivity contribution in [1.82, 2.24) is 10.3 Å². The molecule has 17 heavy (non-hydrogen) atoms. The Morgan fingerprint density at radius 3 is 2.88 bits per heavy atom. The van der Waals surface area contributed by atoms with Crippen LogP contribution in [0.2, 0.25) is 0 Å². The Morgan fingerprint density at radius 1 is 1.53 bits per heavy atom. The van der Waals surface area contributed by atoms with E-state index in [1.165, 1.54) is 18.3 Å². The van der Waals surface area contributed by atoms with Gasteiger partial charge in [-0.2, -0.15) is 0 Å². The first-order valence-electron chi connectivity index (χ1n) is 5.13. The Labute approximate surface area is 98.6 Å². The zero-order valence-corrected chi connectivity index (χ0v) is 9.77. The summed E-state index contributed by atoms with van der Waals surface area (Å²) in [7, 11) is -3.03. The molecule has 0 aromatic carbocycles. The molecule has 1 aliphatic heterocycles. The standard InChI is InChI=1S/C10H12N2O4S/c13-8-2-1-4-11-9(8)10(14)12-7-3-5-17(15,16)6-7/h1-2,4,7,13H,3,5-6H2,(H,12,14). The molecule has 92 valence electrons. The number of sulfone groups is 1. The number of rotatable bonds is 2. The molecule has 1 unspecified atom stereocenters. The number of carbonyl (C=O) groups excluding carboxylic acids is 1. The lowest BCUT2D eigenvalue weighted by atomic mass is 10.2. The van der Waals surface area contributed by atoms with Crippen molar-refractivity contribution in [2.45, 2.75) is 12.5 Å². The second kappa shape index (κ2) is 4.33. The fraction of sp³-hybridized carbons (Fsp3) is 0.400. The molecular weight excluding hydrogens is 244 g/mol. The van der Waals surface area contributed by atoms with Gasteiger partial charge in [-0.15, -0.1) is 0 Å². The predicted octanol–water partition coefficient (Wildman–Crippen LogP) is -0.296. The molecule has 0 aliphatic carbocycles. The van der Waals surface area contributed by atoms with E-state index in [1.54, 1.807) is 0 Å². The fourth-order valence-corrected chi connectivity index (χ4v) is 3.41. The lowest BCUT2D eigenvalue weighted by molar-refractivity contribution is 0.0933. The van der Waals surface area contributed by atoms with E-state index in [0.717, 1.165) is 0 Å². The van der Waals surface area contributed by atoms with E-state index in [4.69, 9.17) is 0 Å². The lowest BCUT2D eigenvalue weighted by Crippen LogP contribution is -2.36. The van der Waals surface area contributed by atoms with Crippen LogP contribution in [0.15, 0.2) is 18.3 Å². The lowest BCUT2D eigenvalue weighted by Gasteiger charge is -2.10. The maximum absolute atomic E-state index is 11.7. The van der Waals surface area contributed by atoms with Gasteiger partial charge >= 0.3 is 0 Å². The predicted molar refractivity (Wildman–Crippen MR) is 60.4 cm³/mol. The Bertz CT molecular complexity index is 541. The quantitative estimate of drug-likeness (QED) is 0.757. The van der Waals surface area contributed by atoms with Gasteiger partial charge in [0, 0.05) is 12.2 Å². The number of aromatic hydroxyl groups is 1. The number of hydrogen-bond donors (Lipinski definition) is 2. The molecule has 2 heterocycles. The number of amides is 1. The molecule has 1 saturated heterocycles.